The molecule has 1 amide bonds. The van der Waals surface area contributed by atoms with Crippen molar-refractivity contribution in [1.29, 1.82) is 0 Å². The second-order valence-electron chi connectivity index (χ2n) is 6.02. The largest absolute Gasteiger partial charge is 0.307 e. The molecule has 1 aromatic heterocycles. The van der Waals surface area contributed by atoms with Gasteiger partial charge in [0.25, 0.3) is 0 Å². The average Bonchev–Trinajstić information content (AvgIpc) is 3.08. The van der Waals surface area contributed by atoms with E-state index in [0.29, 0.717) is 12.2 Å². The van der Waals surface area contributed by atoms with E-state index in [2.05, 4.69) is 26.3 Å². The first-order valence-corrected chi connectivity index (χ1v) is 10.5. The van der Waals surface area contributed by atoms with Gasteiger partial charge in [-0.05, 0) is 31.1 Å². The lowest BCUT2D eigenvalue weighted by Gasteiger charge is -2.13. The molecule has 2 heterocycles. The van der Waals surface area contributed by atoms with Crippen molar-refractivity contribution in [2.24, 2.45) is 0 Å². The molecule has 1 atom stereocenters. The molecule has 0 saturated carbocycles. The molecule has 0 bridgehead atoms. The third-order valence-corrected chi connectivity index (χ3v) is 6.46. The van der Waals surface area contributed by atoms with E-state index in [1.807, 2.05) is 31.2 Å². The molecule has 3 rings (SSSR count). The predicted octanol–water partition coefficient (Wildman–Crippen LogP) is 2.97. The Morgan fingerprint density at radius 1 is 1.40 bits per heavy atom. The highest BCUT2D eigenvalue weighted by atomic mass is 79.9. The van der Waals surface area contributed by atoms with Crippen LogP contribution in [0.3, 0.4) is 0 Å². The lowest BCUT2D eigenvalue weighted by atomic mass is 10.2. The number of sulfone groups is 1. The molecular weight excluding hydrogens is 406 g/mol. The molecule has 1 unspecified atom stereocenters. The monoisotopic (exact) mass is 423 g/mol. The summed E-state index contributed by atoms with van der Waals surface area (Å²) in [6.45, 7) is 1.81. The summed E-state index contributed by atoms with van der Waals surface area (Å²) in [5.74, 6) is 0.439. The van der Waals surface area contributed by atoms with Crippen molar-refractivity contribution < 1.29 is 13.2 Å². The van der Waals surface area contributed by atoms with Crippen LogP contribution < -0.4 is 5.32 Å². The quantitative estimate of drug-likeness (QED) is 0.766. The number of carbonyl (C=O) groups excluding carboxylic acids is 1. The Kier molecular flexibility index (Phi) is 5.10. The van der Waals surface area contributed by atoms with Crippen LogP contribution >= 0.6 is 15.9 Å². The van der Waals surface area contributed by atoms with Gasteiger partial charge in [-0.1, -0.05) is 34.1 Å². The molecule has 1 N–H and O–H groups in total. The maximum atomic E-state index is 12.2. The summed E-state index contributed by atoms with van der Waals surface area (Å²) in [6.07, 6.45) is 3.67. The highest BCUT2D eigenvalue weighted by Gasteiger charge is 2.31. The molecule has 132 valence electrons. The smallest absolute Gasteiger partial charge is 0.249 e. The van der Waals surface area contributed by atoms with E-state index in [-0.39, 0.29) is 23.5 Å². The molecule has 1 fully saturated rings. The molecule has 1 aromatic carbocycles. The fourth-order valence-electron chi connectivity index (χ4n) is 2.80. The summed E-state index contributed by atoms with van der Waals surface area (Å²) in [5.41, 5.74) is 1.62. The summed E-state index contributed by atoms with van der Waals surface area (Å²) < 4.78 is 25.9. The number of rotatable bonds is 4. The number of hydrogen-bond donors (Lipinski definition) is 1. The molecule has 25 heavy (non-hydrogen) atoms. The van der Waals surface area contributed by atoms with Gasteiger partial charge in [0.2, 0.25) is 5.91 Å². The van der Waals surface area contributed by atoms with Gasteiger partial charge in [0.1, 0.15) is 5.82 Å². The number of aromatic nitrogens is 2. The number of nitrogens with one attached hydrogen (secondary N) is 1. The van der Waals surface area contributed by atoms with E-state index in [9.17, 15) is 13.2 Å². The van der Waals surface area contributed by atoms with Gasteiger partial charge in [0.05, 0.1) is 23.2 Å². The summed E-state index contributed by atoms with van der Waals surface area (Å²) in [7, 11) is -3.02. The van der Waals surface area contributed by atoms with Gasteiger partial charge in [0.15, 0.2) is 9.84 Å². The number of benzene rings is 1. The average molecular weight is 424 g/mol. The topological polar surface area (TPSA) is 81.1 Å². The van der Waals surface area contributed by atoms with E-state index >= 15 is 0 Å². The minimum absolute atomic E-state index is 0.0593. The van der Waals surface area contributed by atoms with E-state index in [4.69, 9.17) is 0 Å². The van der Waals surface area contributed by atoms with Gasteiger partial charge >= 0.3 is 0 Å². The van der Waals surface area contributed by atoms with Crippen LogP contribution in [0.2, 0.25) is 0 Å². The van der Waals surface area contributed by atoms with Gasteiger partial charge < -0.3 is 5.32 Å². The van der Waals surface area contributed by atoms with Crippen molar-refractivity contribution in [2.45, 2.75) is 19.4 Å². The summed E-state index contributed by atoms with van der Waals surface area (Å²) >= 11 is 3.43. The SMILES string of the molecule is Cc1cc(NC(=O)C=Cc2ccccc2Br)n(C2CCS(=O)(=O)C2)n1. The van der Waals surface area contributed by atoms with Crippen LogP contribution in [0, 0.1) is 6.92 Å². The predicted molar refractivity (Wildman–Crippen MR) is 101 cm³/mol. The highest BCUT2D eigenvalue weighted by Crippen LogP contribution is 2.27. The Labute approximate surface area is 155 Å². The zero-order chi connectivity index (χ0) is 18.0. The maximum absolute atomic E-state index is 12.2. The van der Waals surface area contributed by atoms with Crippen molar-refractivity contribution in [2.75, 3.05) is 16.8 Å². The van der Waals surface area contributed by atoms with Gasteiger partial charge in [-0.25, -0.2) is 13.1 Å². The second-order valence-corrected chi connectivity index (χ2v) is 9.10. The molecule has 0 aliphatic carbocycles. The number of carbonyl (C=O) groups is 1. The Balaban J connectivity index is 1.75. The molecular formula is C17H18BrN3O3S. The minimum Gasteiger partial charge on any atom is -0.307 e. The van der Waals surface area contributed by atoms with E-state index < -0.39 is 9.84 Å². The number of aryl methyl sites for hydroxylation is 1. The Hall–Kier alpha value is -1.93. The van der Waals surface area contributed by atoms with Crippen LogP contribution in [0.4, 0.5) is 5.82 Å². The summed E-state index contributed by atoms with van der Waals surface area (Å²) in [4.78, 5) is 12.2. The van der Waals surface area contributed by atoms with Crippen LogP contribution in [0.1, 0.15) is 23.7 Å². The van der Waals surface area contributed by atoms with Crippen molar-refractivity contribution in [3.05, 3.63) is 52.1 Å². The molecule has 6 nitrogen and oxygen atoms in total. The highest BCUT2D eigenvalue weighted by molar-refractivity contribution is 9.10. The van der Waals surface area contributed by atoms with Gasteiger partial charge in [0, 0.05) is 16.6 Å². The molecule has 2 aromatic rings. The lowest BCUT2D eigenvalue weighted by molar-refractivity contribution is -0.111. The fraction of sp³-hybridized carbons (Fsp3) is 0.294. The number of amides is 1. The van der Waals surface area contributed by atoms with Crippen LogP contribution in [-0.4, -0.2) is 35.6 Å². The van der Waals surface area contributed by atoms with Crippen molar-refractivity contribution in [3.8, 4) is 0 Å². The lowest BCUT2D eigenvalue weighted by Crippen LogP contribution is -2.18. The van der Waals surface area contributed by atoms with Gasteiger partial charge in [-0.3, -0.25) is 4.79 Å². The Morgan fingerprint density at radius 3 is 2.84 bits per heavy atom. The van der Waals surface area contributed by atoms with Crippen LogP contribution in [-0.2, 0) is 14.6 Å². The summed E-state index contributed by atoms with van der Waals surface area (Å²) in [6, 6.07) is 9.10. The molecule has 8 heteroatoms. The molecule has 1 aliphatic heterocycles. The first-order valence-electron chi connectivity index (χ1n) is 7.84. The minimum atomic E-state index is -3.02. The molecule has 0 radical (unpaired) electrons. The fourth-order valence-corrected chi connectivity index (χ4v) is 4.91. The zero-order valence-corrected chi connectivity index (χ0v) is 16.0. The van der Waals surface area contributed by atoms with Crippen molar-refractivity contribution >= 4 is 43.6 Å². The van der Waals surface area contributed by atoms with E-state index in [0.717, 1.165) is 15.7 Å². The normalized spacial score (nSPS) is 19.4. The van der Waals surface area contributed by atoms with Gasteiger partial charge in [-0.2, -0.15) is 5.10 Å². The van der Waals surface area contributed by atoms with E-state index in [1.165, 1.54) is 6.08 Å². The number of nitrogens with zero attached hydrogens (tertiary/aromatic N) is 2. The zero-order valence-electron chi connectivity index (χ0n) is 13.6. The number of hydrogen-bond acceptors (Lipinski definition) is 4. The number of anilines is 1. The summed E-state index contributed by atoms with van der Waals surface area (Å²) in [5, 5.41) is 7.14. The standard InChI is InChI=1S/C17H18BrN3O3S/c1-12-10-16(21(20-12)14-8-9-25(23,24)11-14)19-17(22)7-6-13-4-2-3-5-15(13)18/h2-7,10,14H,8-9,11H2,1H3,(H,19,22). The Morgan fingerprint density at radius 2 is 2.16 bits per heavy atom. The van der Waals surface area contributed by atoms with Crippen LogP contribution in [0.15, 0.2) is 40.9 Å². The van der Waals surface area contributed by atoms with Crippen molar-refractivity contribution in [3.63, 3.8) is 0 Å². The Bertz CT molecular complexity index is 934. The number of halogens is 1. The van der Waals surface area contributed by atoms with Crippen LogP contribution in [0.25, 0.3) is 6.08 Å². The third kappa shape index (κ3) is 4.38. The molecule has 0 spiro atoms. The molecule has 1 aliphatic rings. The first-order chi connectivity index (χ1) is 11.8. The van der Waals surface area contributed by atoms with E-state index in [1.54, 1.807) is 16.8 Å². The first kappa shape index (κ1) is 17.9. The third-order valence-electron chi connectivity index (χ3n) is 3.98. The van der Waals surface area contributed by atoms with Crippen molar-refractivity contribution in [1.82, 2.24) is 9.78 Å². The van der Waals surface area contributed by atoms with Gasteiger partial charge in [-0.15, -0.1) is 0 Å². The molecule has 1 saturated heterocycles. The van der Waals surface area contributed by atoms with Crippen LogP contribution in [0.5, 0.6) is 0 Å². The maximum Gasteiger partial charge on any atom is 0.249 e. The second kappa shape index (κ2) is 7.13.